The van der Waals surface area contributed by atoms with Crippen LogP contribution in [0.5, 0.6) is 0 Å². The first-order valence-corrected chi connectivity index (χ1v) is 5.87. The van der Waals surface area contributed by atoms with Gasteiger partial charge in [0.05, 0.1) is 5.54 Å². The topological polar surface area (TPSA) is 46.5 Å². The van der Waals surface area contributed by atoms with Crippen molar-refractivity contribution in [3.05, 3.63) is 0 Å². The molecule has 2 rings (SSSR count). The fourth-order valence-electron chi connectivity index (χ4n) is 2.51. The molecule has 0 N–H and O–H groups in total. The first-order chi connectivity index (χ1) is 7.26. The molecular formula is C12H17NO2. The van der Waals surface area contributed by atoms with Crippen molar-refractivity contribution >= 4 is 11.9 Å². The number of carbonyl (C=O) groups excluding carboxylic acids is 2. The molecule has 3 heteroatoms. The Hall–Kier alpha value is -0.950. The van der Waals surface area contributed by atoms with Crippen LogP contribution in [0.1, 0.15) is 51.4 Å². The van der Waals surface area contributed by atoms with Gasteiger partial charge < -0.3 is 0 Å². The Kier molecular flexibility index (Phi) is 3.01. The summed E-state index contributed by atoms with van der Waals surface area (Å²) < 4.78 is 0. The Morgan fingerprint density at radius 1 is 1.27 bits per heavy atom. The Labute approximate surface area is 90.0 Å². The van der Waals surface area contributed by atoms with E-state index in [9.17, 15) is 9.59 Å². The maximum Gasteiger partial charge on any atom is 0.235 e. The third-order valence-corrected chi connectivity index (χ3v) is 3.60. The minimum atomic E-state index is -0.375. The lowest BCUT2D eigenvalue weighted by molar-refractivity contribution is -0.121. The van der Waals surface area contributed by atoms with Gasteiger partial charge in [0.15, 0.2) is 0 Å². The summed E-state index contributed by atoms with van der Waals surface area (Å²) in [5, 5.41) is 0. The van der Waals surface area contributed by atoms with Crippen LogP contribution in [0.15, 0.2) is 4.99 Å². The van der Waals surface area contributed by atoms with Crippen molar-refractivity contribution in [1.82, 2.24) is 0 Å². The molecule has 0 radical (unpaired) electrons. The monoisotopic (exact) mass is 207 g/mol. The predicted molar refractivity (Wildman–Crippen MR) is 56.3 cm³/mol. The van der Waals surface area contributed by atoms with Gasteiger partial charge in [-0.2, -0.15) is 4.99 Å². The third kappa shape index (κ3) is 2.54. The van der Waals surface area contributed by atoms with Crippen LogP contribution in [0.3, 0.4) is 0 Å². The van der Waals surface area contributed by atoms with E-state index >= 15 is 0 Å². The summed E-state index contributed by atoms with van der Waals surface area (Å²) in [5.41, 5.74) is -0.375. The van der Waals surface area contributed by atoms with Crippen molar-refractivity contribution in [3.8, 4) is 0 Å². The largest absolute Gasteiger partial charge is 0.299 e. The van der Waals surface area contributed by atoms with Crippen LogP contribution in [-0.2, 0) is 9.59 Å². The molecule has 0 aromatic rings. The van der Waals surface area contributed by atoms with Gasteiger partial charge in [0.1, 0.15) is 5.78 Å². The van der Waals surface area contributed by atoms with E-state index in [1.54, 1.807) is 6.08 Å². The third-order valence-electron chi connectivity index (χ3n) is 3.60. The van der Waals surface area contributed by atoms with E-state index in [2.05, 4.69) is 4.99 Å². The van der Waals surface area contributed by atoms with Crippen LogP contribution >= 0.6 is 0 Å². The van der Waals surface area contributed by atoms with Gasteiger partial charge in [-0.3, -0.25) is 4.79 Å². The minimum Gasteiger partial charge on any atom is -0.299 e. The van der Waals surface area contributed by atoms with Gasteiger partial charge >= 0.3 is 0 Å². The Balaban J connectivity index is 2.03. The van der Waals surface area contributed by atoms with E-state index < -0.39 is 0 Å². The van der Waals surface area contributed by atoms with Gasteiger partial charge in [-0.1, -0.05) is 19.3 Å². The first kappa shape index (κ1) is 10.6. The van der Waals surface area contributed by atoms with Crippen LogP contribution in [0.2, 0.25) is 0 Å². The lowest BCUT2D eigenvalue weighted by Crippen LogP contribution is -2.32. The smallest absolute Gasteiger partial charge is 0.235 e. The molecule has 0 spiro atoms. The summed E-state index contributed by atoms with van der Waals surface area (Å²) in [6.45, 7) is 0. The van der Waals surface area contributed by atoms with Crippen LogP contribution < -0.4 is 0 Å². The molecule has 0 unspecified atom stereocenters. The first-order valence-electron chi connectivity index (χ1n) is 5.87. The van der Waals surface area contributed by atoms with Crippen molar-refractivity contribution in [3.63, 3.8) is 0 Å². The van der Waals surface area contributed by atoms with Gasteiger partial charge in [-0.05, 0) is 25.7 Å². The highest BCUT2D eigenvalue weighted by molar-refractivity contribution is 5.84. The van der Waals surface area contributed by atoms with E-state index in [1.807, 2.05) is 0 Å². The number of Topliss-reactive ketones (excluding diaryl/α,β-unsaturated/α-hetero) is 1. The van der Waals surface area contributed by atoms with Gasteiger partial charge in [-0.15, -0.1) is 0 Å². The highest BCUT2D eigenvalue weighted by atomic mass is 16.1. The number of ketones is 1. The maximum atomic E-state index is 11.8. The summed E-state index contributed by atoms with van der Waals surface area (Å²) >= 11 is 0. The van der Waals surface area contributed by atoms with Crippen molar-refractivity contribution in [2.75, 3.05) is 0 Å². The summed E-state index contributed by atoms with van der Waals surface area (Å²) in [6, 6.07) is 0. The Morgan fingerprint density at radius 3 is 2.47 bits per heavy atom. The lowest BCUT2D eigenvalue weighted by atomic mass is 9.78. The molecule has 0 aliphatic heterocycles. The molecule has 0 saturated heterocycles. The van der Waals surface area contributed by atoms with E-state index in [0.29, 0.717) is 12.2 Å². The molecule has 2 aliphatic rings. The zero-order valence-corrected chi connectivity index (χ0v) is 9.00. The van der Waals surface area contributed by atoms with Gasteiger partial charge in [0.25, 0.3) is 0 Å². The molecule has 0 aromatic carbocycles. The molecule has 2 aliphatic carbocycles. The SMILES string of the molecule is O=C=NC1(CC(=O)C2CC2)CCCCC1. The van der Waals surface area contributed by atoms with Crippen molar-refractivity contribution in [2.24, 2.45) is 10.9 Å². The van der Waals surface area contributed by atoms with Gasteiger partial charge in [0.2, 0.25) is 6.08 Å². The zero-order valence-electron chi connectivity index (χ0n) is 9.00. The van der Waals surface area contributed by atoms with E-state index in [1.165, 1.54) is 6.42 Å². The molecule has 0 heterocycles. The van der Waals surface area contributed by atoms with Crippen molar-refractivity contribution in [2.45, 2.75) is 56.9 Å². The number of aliphatic imine (C=N–C) groups is 1. The van der Waals surface area contributed by atoms with E-state index in [0.717, 1.165) is 38.5 Å². The lowest BCUT2D eigenvalue weighted by Gasteiger charge is -2.31. The standard InChI is InChI=1S/C12H17NO2/c14-9-13-12(6-2-1-3-7-12)8-11(15)10-4-5-10/h10H,1-8H2. The fourth-order valence-corrected chi connectivity index (χ4v) is 2.51. The van der Waals surface area contributed by atoms with Crippen molar-refractivity contribution in [1.29, 1.82) is 0 Å². The molecule has 2 fully saturated rings. The molecule has 0 bridgehead atoms. The Morgan fingerprint density at radius 2 is 1.93 bits per heavy atom. The molecule has 82 valence electrons. The number of hydrogen-bond donors (Lipinski definition) is 0. The molecular weight excluding hydrogens is 190 g/mol. The molecule has 0 amide bonds. The second-order valence-electron chi connectivity index (χ2n) is 4.91. The second-order valence-corrected chi connectivity index (χ2v) is 4.91. The number of rotatable bonds is 4. The molecule has 0 atom stereocenters. The second kappa shape index (κ2) is 4.28. The summed E-state index contributed by atoms with van der Waals surface area (Å²) in [5.74, 6) is 0.599. The molecule has 0 aromatic heterocycles. The number of isocyanates is 1. The number of hydrogen-bond acceptors (Lipinski definition) is 3. The summed E-state index contributed by atoms with van der Waals surface area (Å²) in [4.78, 5) is 26.1. The number of carbonyl (C=O) groups is 1. The average Bonchev–Trinajstić information content (AvgIpc) is 3.02. The van der Waals surface area contributed by atoms with Gasteiger partial charge in [0, 0.05) is 12.3 Å². The van der Waals surface area contributed by atoms with Gasteiger partial charge in [-0.25, -0.2) is 4.79 Å². The minimum absolute atomic E-state index is 0.283. The summed E-state index contributed by atoms with van der Waals surface area (Å²) in [7, 11) is 0. The fraction of sp³-hybridized carbons (Fsp3) is 0.833. The quantitative estimate of drug-likeness (QED) is 0.525. The van der Waals surface area contributed by atoms with Crippen molar-refractivity contribution < 1.29 is 9.59 Å². The van der Waals surface area contributed by atoms with E-state index in [4.69, 9.17) is 0 Å². The normalized spacial score (nSPS) is 24.3. The number of nitrogens with zero attached hydrogens (tertiary/aromatic N) is 1. The van der Waals surface area contributed by atoms with Crippen LogP contribution in [-0.4, -0.2) is 17.4 Å². The predicted octanol–water partition coefficient (Wildman–Crippen LogP) is 2.39. The zero-order chi connectivity index (χ0) is 10.7. The highest BCUT2D eigenvalue weighted by Crippen LogP contribution is 2.39. The average molecular weight is 207 g/mol. The molecule has 2 saturated carbocycles. The maximum absolute atomic E-state index is 11.8. The Bertz CT molecular complexity index is 295. The highest BCUT2D eigenvalue weighted by Gasteiger charge is 2.39. The molecule has 15 heavy (non-hydrogen) atoms. The van der Waals surface area contributed by atoms with Crippen LogP contribution in [0.25, 0.3) is 0 Å². The van der Waals surface area contributed by atoms with Crippen LogP contribution in [0, 0.1) is 5.92 Å². The van der Waals surface area contributed by atoms with E-state index in [-0.39, 0.29) is 11.5 Å². The molecule has 3 nitrogen and oxygen atoms in total. The van der Waals surface area contributed by atoms with Crippen LogP contribution in [0.4, 0.5) is 0 Å². The summed E-state index contributed by atoms with van der Waals surface area (Å²) in [6.07, 6.45) is 9.38.